The van der Waals surface area contributed by atoms with Crippen LogP contribution < -0.4 is 21.1 Å². The van der Waals surface area contributed by atoms with Crippen LogP contribution in [0.25, 0.3) is 10.9 Å². The summed E-state index contributed by atoms with van der Waals surface area (Å²) in [5.41, 5.74) is 6.95. The van der Waals surface area contributed by atoms with Crippen LogP contribution in [-0.2, 0) is 11.3 Å². The molecule has 6 rings (SSSR count). The second-order valence-electron chi connectivity index (χ2n) is 12.1. The highest BCUT2D eigenvalue weighted by Gasteiger charge is 2.50. The normalized spacial score (nSPS) is 21.2. The first-order valence-corrected chi connectivity index (χ1v) is 14.7. The first-order valence-electron chi connectivity index (χ1n) is 14.7. The van der Waals surface area contributed by atoms with E-state index in [4.69, 9.17) is 15.2 Å². The van der Waals surface area contributed by atoms with E-state index >= 15 is 0 Å². The van der Waals surface area contributed by atoms with Crippen molar-refractivity contribution in [1.82, 2.24) is 9.47 Å². The van der Waals surface area contributed by atoms with E-state index in [1.807, 2.05) is 6.07 Å². The fourth-order valence-electron chi connectivity index (χ4n) is 6.64. The molecule has 3 aliphatic rings. The highest BCUT2D eigenvalue weighted by atomic mass is 19.4. The smallest absolute Gasteiger partial charge is 0.406 e. The van der Waals surface area contributed by atoms with Gasteiger partial charge in [-0.05, 0) is 55.9 Å². The average Bonchev–Trinajstić information content (AvgIpc) is 3.27. The van der Waals surface area contributed by atoms with Crippen LogP contribution >= 0.6 is 0 Å². The molecule has 3 heterocycles. The van der Waals surface area contributed by atoms with Gasteiger partial charge in [-0.15, -0.1) is 0 Å². The molecule has 2 aromatic carbocycles. The standard InChI is InChI=1S/C32H35F4N5O3/c1-43-29-13-23(30(37)42)25(33)14-27(29)38-11-3-4-22-12-24-26(5-2-6-28(24)41(22)17-32(34,35)36)39-20-7-9-21(10-8-20)40-15-31(16-40)18-44-19-31/h2,5-6,12-14,20-21,38-39H,7-11,15-19H2,1H3,(H2,37,42)/t20-,21+. The first kappa shape index (κ1) is 30.1. The number of amides is 1. The van der Waals surface area contributed by atoms with Crippen molar-refractivity contribution in [3.8, 4) is 17.6 Å². The molecule has 3 fully saturated rings. The third kappa shape index (κ3) is 6.16. The maximum atomic E-state index is 14.3. The number of primary amides is 1. The number of alkyl halides is 3. The summed E-state index contributed by atoms with van der Waals surface area (Å²) >= 11 is 0. The predicted molar refractivity (Wildman–Crippen MR) is 159 cm³/mol. The number of anilines is 2. The number of hydrogen-bond acceptors (Lipinski definition) is 6. The number of hydrogen-bond donors (Lipinski definition) is 3. The lowest BCUT2D eigenvalue weighted by Crippen LogP contribution is -2.68. The van der Waals surface area contributed by atoms with Crippen molar-refractivity contribution in [3.05, 3.63) is 53.5 Å². The minimum Gasteiger partial charge on any atom is -0.495 e. The number of methoxy groups -OCH3 is 1. The summed E-state index contributed by atoms with van der Waals surface area (Å²) in [5, 5.41) is 7.18. The second-order valence-corrected chi connectivity index (χ2v) is 12.1. The maximum Gasteiger partial charge on any atom is 0.406 e. The molecule has 1 aromatic heterocycles. The number of aromatic nitrogens is 1. The Bertz CT molecular complexity index is 1610. The van der Waals surface area contributed by atoms with E-state index in [2.05, 4.69) is 27.4 Å². The van der Waals surface area contributed by atoms with Crippen LogP contribution in [0.5, 0.6) is 5.75 Å². The summed E-state index contributed by atoms with van der Waals surface area (Å²) < 4.78 is 67.0. The molecule has 1 spiro atoms. The van der Waals surface area contributed by atoms with Crippen LogP contribution in [0.3, 0.4) is 0 Å². The number of nitrogens with one attached hydrogen (secondary N) is 2. The Kier molecular flexibility index (Phi) is 8.11. The Labute approximate surface area is 252 Å². The molecule has 3 aromatic rings. The lowest BCUT2D eigenvalue weighted by atomic mass is 9.75. The third-order valence-electron chi connectivity index (χ3n) is 8.89. The van der Waals surface area contributed by atoms with Gasteiger partial charge in [0.1, 0.15) is 18.1 Å². The fraction of sp³-hybridized carbons (Fsp3) is 0.469. The molecule has 2 aliphatic heterocycles. The van der Waals surface area contributed by atoms with E-state index in [0.29, 0.717) is 22.4 Å². The molecule has 4 N–H and O–H groups in total. The molecule has 8 nitrogen and oxygen atoms in total. The molecular formula is C32H35F4N5O3. The number of ether oxygens (including phenoxy) is 2. The van der Waals surface area contributed by atoms with Gasteiger partial charge in [-0.3, -0.25) is 9.69 Å². The van der Waals surface area contributed by atoms with Crippen molar-refractivity contribution < 1.29 is 31.8 Å². The number of nitrogens with zero attached hydrogens (tertiary/aromatic N) is 2. The van der Waals surface area contributed by atoms with E-state index < -0.39 is 24.4 Å². The molecule has 234 valence electrons. The van der Waals surface area contributed by atoms with Gasteiger partial charge in [0, 0.05) is 47.7 Å². The zero-order chi connectivity index (χ0) is 31.1. The highest BCUT2D eigenvalue weighted by Crippen LogP contribution is 2.41. The summed E-state index contributed by atoms with van der Waals surface area (Å²) in [7, 11) is 1.35. The van der Waals surface area contributed by atoms with Gasteiger partial charge >= 0.3 is 6.18 Å². The van der Waals surface area contributed by atoms with Gasteiger partial charge < -0.3 is 30.4 Å². The monoisotopic (exact) mass is 613 g/mol. The number of halogens is 4. The Hall–Kier alpha value is -3.95. The molecule has 0 bridgehead atoms. The first-order chi connectivity index (χ1) is 21.0. The van der Waals surface area contributed by atoms with Crippen molar-refractivity contribution in [2.45, 2.75) is 50.5 Å². The van der Waals surface area contributed by atoms with E-state index in [1.165, 1.54) is 17.7 Å². The van der Waals surface area contributed by atoms with Gasteiger partial charge in [-0.25, -0.2) is 4.39 Å². The topological polar surface area (TPSA) is 93.8 Å². The Morgan fingerprint density at radius 3 is 2.52 bits per heavy atom. The fourth-order valence-corrected chi connectivity index (χ4v) is 6.64. The molecule has 0 atom stereocenters. The molecule has 1 saturated carbocycles. The zero-order valence-corrected chi connectivity index (χ0v) is 24.4. The maximum absolute atomic E-state index is 14.3. The van der Waals surface area contributed by atoms with Gasteiger partial charge in [0.05, 0.1) is 49.3 Å². The second kappa shape index (κ2) is 11.9. The molecule has 2 saturated heterocycles. The Balaban J connectivity index is 1.16. The average molecular weight is 614 g/mol. The SMILES string of the molecule is COc1cc(C(N)=O)c(F)cc1NCC#Cc1cc2c(N[C@H]3CC[C@@H](N4CC5(COC5)C4)CC3)cccc2n1CC(F)(F)F. The van der Waals surface area contributed by atoms with Crippen LogP contribution in [0.2, 0.25) is 0 Å². The minimum absolute atomic E-state index is 0.0151. The number of nitrogens with two attached hydrogens (primary N) is 1. The Morgan fingerprint density at radius 2 is 1.89 bits per heavy atom. The van der Waals surface area contributed by atoms with Crippen molar-refractivity contribution in [2.75, 3.05) is 50.6 Å². The third-order valence-corrected chi connectivity index (χ3v) is 8.89. The summed E-state index contributed by atoms with van der Waals surface area (Å²) in [6.45, 7) is 2.79. The summed E-state index contributed by atoms with van der Waals surface area (Å²) in [6.07, 6.45) is -0.288. The lowest BCUT2D eigenvalue weighted by molar-refractivity contribution is -0.200. The molecule has 44 heavy (non-hydrogen) atoms. The van der Waals surface area contributed by atoms with Crippen molar-refractivity contribution in [3.63, 3.8) is 0 Å². The van der Waals surface area contributed by atoms with E-state index in [9.17, 15) is 22.4 Å². The summed E-state index contributed by atoms with van der Waals surface area (Å²) in [4.78, 5) is 14.0. The molecule has 1 amide bonds. The number of benzene rings is 2. The summed E-state index contributed by atoms with van der Waals surface area (Å²) in [6, 6.07) is 10.1. The molecule has 0 unspecified atom stereocenters. The summed E-state index contributed by atoms with van der Waals surface area (Å²) in [5.74, 6) is 4.11. The van der Waals surface area contributed by atoms with Gasteiger partial charge in [0.2, 0.25) is 0 Å². The molecular weight excluding hydrogens is 578 g/mol. The van der Waals surface area contributed by atoms with Gasteiger partial charge in [0.25, 0.3) is 5.91 Å². The number of rotatable bonds is 8. The van der Waals surface area contributed by atoms with Crippen LogP contribution in [0.1, 0.15) is 41.7 Å². The van der Waals surface area contributed by atoms with Crippen molar-refractivity contribution in [2.24, 2.45) is 11.1 Å². The van der Waals surface area contributed by atoms with E-state index in [1.54, 1.807) is 18.2 Å². The van der Waals surface area contributed by atoms with Gasteiger partial charge in [-0.1, -0.05) is 12.0 Å². The van der Waals surface area contributed by atoms with Gasteiger partial charge in [-0.2, -0.15) is 13.2 Å². The minimum atomic E-state index is -4.45. The van der Waals surface area contributed by atoms with Crippen LogP contribution in [0.4, 0.5) is 28.9 Å². The van der Waals surface area contributed by atoms with Crippen LogP contribution in [0.15, 0.2) is 36.4 Å². The zero-order valence-electron chi connectivity index (χ0n) is 24.4. The predicted octanol–water partition coefficient (Wildman–Crippen LogP) is 4.97. The molecule has 12 heteroatoms. The van der Waals surface area contributed by atoms with Crippen molar-refractivity contribution >= 4 is 28.2 Å². The Morgan fingerprint density at radius 1 is 1.14 bits per heavy atom. The largest absolute Gasteiger partial charge is 0.495 e. The quantitative estimate of drug-likeness (QED) is 0.246. The van der Waals surface area contributed by atoms with Crippen LogP contribution in [-0.4, -0.2) is 73.6 Å². The molecule has 1 aliphatic carbocycles. The lowest BCUT2D eigenvalue weighted by Gasteiger charge is -2.58. The van der Waals surface area contributed by atoms with Gasteiger partial charge in [0.15, 0.2) is 0 Å². The number of carbonyl (C=O) groups excluding carboxylic acids is 1. The van der Waals surface area contributed by atoms with E-state index in [-0.39, 0.29) is 35.3 Å². The number of fused-ring (bicyclic) bond motifs is 1. The highest BCUT2D eigenvalue weighted by molar-refractivity contribution is 5.95. The van der Waals surface area contributed by atoms with E-state index in [0.717, 1.165) is 63.7 Å². The van der Waals surface area contributed by atoms with Crippen LogP contribution in [0, 0.1) is 23.1 Å². The molecule has 0 radical (unpaired) electrons. The number of likely N-dealkylation sites (tertiary alicyclic amines) is 1. The number of carbonyl (C=O) groups is 1. The van der Waals surface area contributed by atoms with Crippen molar-refractivity contribution in [1.29, 1.82) is 0 Å².